The van der Waals surface area contributed by atoms with Crippen LogP contribution in [0, 0.1) is 11.7 Å². The SMILES string of the molecule is CN=C(NCC(c1cccnc1)C(C)C)N1CC(C)OC(c2ccc(F)cc2)C1. The lowest BCUT2D eigenvalue weighted by atomic mass is 9.89. The summed E-state index contributed by atoms with van der Waals surface area (Å²) in [6, 6.07) is 10.7. The molecule has 1 fully saturated rings. The summed E-state index contributed by atoms with van der Waals surface area (Å²) in [5, 5.41) is 3.55. The van der Waals surface area contributed by atoms with Crippen LogP contribution in [0.4, 0.5) is 4.39 Å². The minimum Gasteiger partial charge on any atom is -0.367 e. The number of pyridine rings is 1. The summed E-state index contributed by atoms with van der Waals surface area (Å²) in [5.74, 6) is 1.44. The van der Waals surface area contributed by atoms with Gasteiger partial charge in [-0.25, -0.2) is 4.39 Å². The fourth-order valence-corrected chi connectivity index (χ4v) is 3.85. The van der Waals surface area contributed by atoms with Crippen LogP contribution in [0.2, 0.25) is 0 Å². The van der Waals surface area contributed by atoms with E-state index in [0.29, 0.717) is 18.4 Å². The summed E-state index contributed by atoms with van der Waals surface area (Å²) in [5.41, 5.74) is 2.21. The van der Waals surface area contributed by atoms with Crippen LogP contribution in [0.25, 0.3) is 0 Å². The number of ether oxygens (including phenoxy) is 1. The Kier molecular flexibility index (Phi) is 7.20. The van der Waals surface area contributed by atoms with Crippen LogP contribution in [-0.4, -0.2) is 48.6 Å². The van der Waals surface area contributed by atoms with E-state index in [1.54, 1.807) is 18.3 Å². The molecule has 6 heteroatoms. The minimum atomic E-state index is -0.234. The molecule has 29 heavy (non-hydrogen) atoms. The molecule has 0 bridgehead atoms. The van der Waals surface area contributed by atoms with Gasteiger partial charge in [-0.15, -0.1) is 0 Å². The van der Waals surface area contributed by atoms with E-state index in [9.17, 15) is 4.39 Å². The van der Waals surface area contributed by atoms with Crippen molar-refractivity contribution in [3.63, 3.8) is 0 Å². The van der Waals surface area contributed by atoms with Crippen molar-refractivity contribution in [2.24, 2.45) is 10.9 Å². The normalized spacial score (nSPS) is 21.3. The summed E-state index contributed by atoms with van der Waals surface area (Å²) in [7, 11) is 1.81. The number of halogens is 1. The maximum Gasteiger partial charge on any atom is 0.193 e. The van der Waals surface area contributed by atoms with Crippen molar-refractivity contribution < 1.29 is 9.13 Å². The van der Waals surface area contributed by atoms with Crippen LogP contribution >= 0.6 is 0 Å². The number of hydrogen-bond acceptors (Lipinski definition) is 3. The first-order valence-electron chi connectivity index (χ1n) is 10.2. The lowest BCUT2D eigenvalue weighted by Gasteiger charge is -2.39. The second-order valence-electron chi connectivity index (χ2n) is 7.96. The van der Waals surface area contributed by atoms with Crippen LogP contribution in [0.5, 0.6) is 0 Å². The number of aliphatic imine (C=N–C) groups is 1. The van der Waals surface area contributed by atoms with Crippen LogP contribution in [-0.2, 0) is 4.74 Å². The summed E-state index contributed by atoms with van der Waals surface area (Å²) < 4.78 is 19.4. The summed E-state index contributed by atoms with van der Waals surface area (Å²) in [6.07, 6.45) is 3.68. The Morgan fingerprint density at radius 2 is 2.03 bits per heavy atom. The molecule has 2 aromatic rings. The summed E-state index contributed by atoms with van der Waals surface area (Å²) in [4.78, 5) is 11.0. The molecule has 1 aromatic heterocycles. The minimum absolute atomic E-state index is 0.0524. The lowest BCUT2D eigenvalue weighted by molar-refractivity contribution is -0.0605. The highest BCUT2D eigenvalue weighted by Gasteiger charge is 2.29. The fourth-order valence-electron chi connectivity index (χ4n) is 3.85. The fraction of sp³-hybridized carbons (Fsp3) is 0.478. The number of hydrogen-bond donors (Lipinski definition) is 1. The second-order valence-corrected chi connectivity index (χ2v) is 7.96. The molecule has 0 radical (unpaired) electrons. The van der Waals surface area contributed by atoms with E-state index in [1.807, 2.05) is 19.3 Å². The molecular formula is C23H31FN4O. The molecule has 0 saturated carbocycles. The highest BCUT2D eigenvalue weighted by atomic mass is 19.1. The van der Waals surface area contributed by atoms with Crippen LogP contribution in [0.1, 0.15) is 43.9 Å². The van der Waals surface area contributed by atoms with Gasteiger partial charge in [0.25, 0.3) is 0 Å². The molecule has 1 aromatic carbocycles. The van der Waals surface area contributed by atoms with Gasteiger partial charge in [-0.05, 0) is 42.2 Å². The molecule has 1 N–H and O–H groups in total. The van der Waals surface area contributed by atoms with Crippen LogP contribution in [0.3, 0.4) is 0 Å². The average molecular weight is 399 g/mol. The third-order valence-electron chi connectivity index (χ3n) is 5.41. The van der Waals surface area contributed by atoms with Crippen LogP contribution < -0.4 is 5.32 Å². The molecule has 0 amide bonds. The topological polar surface area (TPSA) is 49.8 Å². The number of morpholine rings is 1. The van der Waals surface area contributed by atoms with Gasteiger partial charge in [-0.3, -0.25) is 9.98 Å². The molecule has 1 saturated heterocycles. The van der Waals surface area contributed by atoms with E-state index in [-0.39, 0.29) is 18.0 Å². The van der Waals surface area contributed by atoms with Crippen molar-refractivity contribution in [1.29, 1.82) is 0 Å². The average Bonchev–Trinajstić information content (AvgIpc) is 2.71. The molecule has 3 rings (SSSR count). The quantitative estimate of drug-likeness (QED) is 0.611. The van der Waals surface area contributed by atoms with Crippen molar-refractivity contribution in [2.45, 2.75) is 38.9 Å². The van der Waals surface area contributed by atoms with Crippen LogP contribution in [0.15, 0.2) is 53.8 Å². The Balaban J connectivity index is 1.69. The summed E-state index contributed by atoms with van der Waals surface area (Å²) >= 11 is 0. The largest absolute Gasteiger partial charge is 0.367 e. The Labute approximate surface area is 173 Å². The smallest absolute Gasteiger partial charge is 0.193 e. The summed E-state index contributed by atoms with van der Waals surface area (Å²) in [6.45, 7) is 8.73. The van der Waals surface area contributed by atoms with Gasteiger partial charge in [-0.1, -0.05) is 32.0 Å². The lowest BCUT2D eigenvalue weighted by Crippen LogP contribution is -2.51. The van der Waals surface area contributed by atoms with E-state index < -0.39 is 0 Å². The van der Waals surface area contributed by atoms with Gasteiger partial charge in [0, 0.05) is 38.4 Å². The van der Waals surface area contributed by atoms with Gasteiger partial charge in [0.15, 0.2) is 5.96 Å². The number of aromatic nitrogens is 1. The zero-order valence-corrected chi connectivity index (χ0v) is 17.7. The first-order chi connectivity index (χ1) is 14.0. The second kappa shape index (κ2) is 9.83. The Morgan fingerprint density at radius 3 is 2.66 bits per heavy atom. The maximum absolute atomic E-state index is 13.3. The van der Waals surface area contributed by atoms with Gasteiger partial charge in [0.05, 0.1) is 12.6 Å². The third kappa shape index (κ3) is 5.54. The van der Waals surface area contributed by atoms with Crippen molar-refractivity contribution in [3.8, 4) is 0 Å². The molecule has 2 heterocycles. The number of rotatable bonds is 5. The van der Waals surface area contributed by atoms with E-state index >= 15 is 0 Å². The Morgan fingerprint density at radius 1 is 1.28 bits per heavy atom. The first kappa shape index (κ1) is 21.2. The van der Waals surface area contributed by atoms with Gasteiger partial charge in [-0.2, -0.15) is 0 Å². The van der Waals surface area contributed by atoms with E-state index in [0.717, 1.165) is 24.6 Å². The molecule has 0 spiro atoms. The zero-order valence-electron chi connectivity index (χ0n) is 17.7. The highest BCUT2D eigenvalue weighted by Crippen LogP contribution is 2.26. The maximum atomic E-state index is 13.3. The number of nitrogens with zero attached hydrogens (tertiary/aromatic N) is 3. The molecule has 156 valence electrons. The molecule has 5 nitrogen and oxygen atoms in total. The van der Waals surface area contributed by atoms with Crippen molar-refractivity contribution in [3.05, 3.63) is 65.7 Å². The zero-order chi connectivity index (χ0) is 20.8. The number of benzene rings is 1. The molecular weight excluding hydrogens is 367 g/mol. The van der Waals surface area contributed by atoms with E-state index in [1.165, 1.54) is 17.7 Å². The monoisotopic (exact) mass is 398 g/mol. The number of nitrogens with one attached hydrogen (secondary N) is 1. The van der Waals surface area contributed by atoms with Crippen molar-refractivity contribution >= 4 is 5.96 Å². The third-order valence-corrected chi connectivity index (χ3v) is 5.41. The molecule has 0 aliphatic carbocycles. The van der Waals surface area contributed by atoms with Gasteiger partial charge in [0.1, 0.15) is 11.9 Å². The highest BCUT2D eigenvalue weighted by molar-refractivity contribution is 5.80. The Hall–Kier alpha value is -2.47. The predicted molar refractivity (Wildman–Crippen MR) is 114 cm³/mol. The van der Waals surface area contributed by atoms with Gasteiger partial charge < -0.3 is 15.0 Å². The standard InChI is InChI=1S/C23H31FN4O/c1-16(2)21(19-6-5-11-26-12-19)13-27-23(25-4)28-14-17(3)29-22(15-28)18-7-9-20(24)10-8-18/h5-12,16-17,21-22H,13-15H2,1-4H3,(H,25,27). The van der Waals surface area contributed by atoms with Crippen molar-refractivity contribution in [2.75, 3.05) is 26.7 Å². The first-order valence-corrected chi connectivity index (χ1v) is 10.2. The Bertz CT molecular complexity index is 794. The number of guanidine groups is 1. The molecule has 3 unspecified atom stereocenters. The van der Waals surface area contributed by atoms with E-state index in [4.69, 9.17) is 4.74 Å². The molecule has 3 atom stereocenters. The molecule has 1 aliphatic heterocycles. The van der Waals surface area contributed by atoms with Gasteiger partial charge >= 0.3 is 0 Å². The predicted octanol–water partition coefficient (Wildman–Crippen LogP) is 4.00. The molecule has 1 aliphatic rings. The van der Waals surface area contributed by atoms with Crippen molar-refractivity contribution in [1.82, 2.24) is 15.2 Å². The van der Waals surface area contributed by atoms with Gasteiger partial charge in [0.2, 0.25) is 0 Å². The van der Waals surface area contributed by atoms with E-state index in [2.05, 4.69) is 47.0 Å².